The van der Waals surface area contributed by atoms with Crippen LogP contribution in [0.4, 0.5) is 5.95 Å². The zero-order valence-electron chi connectivity index (χ0n) is 19.0. The third-order valence-electron chi connectivity index (χ3n) is 5.83. The number of nitrogens with zero attached hydrogens (tertiary/aromatic N) is 4. The molecule has 0 unspecified atom stereocenters. The molecule has 8 heteroatoms. The Morgan fingerprint density at radius 3 is 2.55 bits per heavy atom. The first-order chi connectivity index (χ1) is 15.9. The van der Waals surface area contributed by atoms with Crippen LogP contribution in [0.1, 0.15) is 45.3 Å². The molecule has 2 heterocycles. The number of rotatable bonds is 6. The normalized spacial score (nSPS) is 15.4. The highest BCUT2D eigenvalue weighted by Crippen LogP contribution is 2.38. The topological polar surface area (TPSA) is 102 Å². The molecule has 1 saturated heterocycles. The molecule has 2 N–H and O–H groups in total. The van der Waals surface area contributed by atoms with Crippen molar-refractivity contribution in [1.29, 1.82) is 0 Å². The van der Waals surface area contributed by atoms with Crippen molar-refractivity contribution in [3.05, 3.63) is 71.5 Å². The average molecular weight is 446 g/mol. The zero-order chi connectivity index (χ0) is 23.5. The minimum absolute atomic E-state index is 0.0589. The predicted molar refractivity (Wildman–Crippen MR) is 126 cm³/mol. The Balaban J connectivity index is 1.76. The van der Waals surface area contributed by atoms with Gasteiger partial charge in [0.25, 0.3) is 5.91 Å². The Morgan fingerprint density at radius 2 is 1.88 bits per heavy atom. The molecule has 8 nitrogen and oxygen atoms in total. The summed E-state index contributed by atoms with van der Waals surface area (Å²) in [5.41, 5.74) is 8.88. The summed E-state index contributed by atoms with van der Waals surface area (Å²) >= 11 is 0. The van der Waals surface area contributed by atoms with Gasteiger partial charge >= 0.3 is 0 Å². The lowest BCUT2D eigenvalue weighted by Crippen LogP contribution is -2.31. The van der Waals surface area contributed by atoms with Crippen LogP contribution in [0.3, 0.4) is 0 Å². The van der Waals surface area contributed by atoms with Crippen LogP contribution in [-0.2, 0) is 0 Å². The molecule has 0 bridgehead atoms. The van der Waals surface area contributed by atoms with Crippen molar-refractivity contribution in [1.82, 2.24) is 14.9 Å². The van der Waals surface area contributed by atoms with Crippen molar-refractivity contribution in [2.24, 2.45) is 5.73 Å². The third-order valence-corrected chi connectivity index (χ3v) is 5.83. The first-order valence-corrected chi connectivity index (χ1v) is 10.8. The van der Waals surface area contributed by atoms with Crippen LogP contribution in [0.15, 0.2) is 54.7 Å². The zero-order valence-corrected chi connectivity index (χ0v) is 19.0. The van der Waals surface area contributed by atoms with Gasteiger partial charge in [-0.1, -0.05) is 18.2 Å². The number of hydrogen-bond acceptors (Lipinski definition) is 6. The minimum atomic E-state index is -0.480. The van der Waals surface area contributed by atoms with Crippen molar-refractivity contribution in [3.63, 3.8) is 0 Å². The number of benzene rings is 2. The lowest BCUT2D eigenvalue weighted by Gasteiger charge is -2.27. The Kier molecular flexibility index (Phi) is 6.26. The number of amides is 2. The molecule has 170 valence electrons. The summed E-state index contributed by atoms with van der Waals surface area (Å²) in [6.45, 7) is 0.641. The number of primary amides is 1. The fourth-order valence-corrected chi connectivity index (χ4v) is 4.11. The summed E-state index contributed by atoms with van der Waals surface area (Å²) in [5.74, 6) is 0.676. The van der Waals surface area contributed by atoms with Crippen molar-refractivity contribution >= 4 is 17.8 Å². The van der Waals surface area contributed by atoms with Crippen LogP contribution in [0.25, 0.3) is 11.1 Å². The van der Waals surface area contributed by atoms with Crippen LogP contribution >= 0.6 is 0 Å². The number of ether oxygens (including phenoxy) is 1. The smallest absolute Gasteiger partial charge is 0.254 e. The van der Waals surface area contributed by atoms with Gasteiger partial charge in [0.1, 0.15) is 5.75 Å². The molecule has 2 amide bonds. The van der Waals surface area contributed by atoms with Gasteiger partial charge in [-0.05, 0) is 48.7 Å². The molecular formula is C25H27N5O3. The van der Waals surface area contributed by atoms with E-state index < -0.39 is 5.91 Å². The fraction of sp³-hybridized carbons (Fsp3) is 0.280. The summed E-state index contributed by atoms with van der Waals surface area (Å²) in [6.07, 6.45) is 3.46. The number of nitrogens with two attached hydrogens (primary N) is 1. The van der Waals surface area contributed by atoms with Gasteiger partial charge in [0.15, 0.2) is 0 Å². The number of aromatic nitrogens is 2. The molecule has 1 aliphatic rings. The van der Waals surface area contributed by atoms with Gasteiger partial charge in [-0.25, -0.2) is 9.97 Å². The molecule has 1 aliphatic heterocycles. The Bertz CT molecular complexity index is 1180. The standard InChI is InChI=1S/C25H27N5O3/c1-29(2)25-27-15-20(16-9-11-17(12-10-16)23(26)31)22(28-25)21-8-5-13-30(21)24(32)18-6-4-7-19(14-18)33-3/h4,6-7,9-12,14-15,21H,5,8,13H2,1-3H3,(H2,26,31)/t21-/m1/s1. The summed E-state index contributed by atoms with van der Waals surface area (Å²) in [5, 5.41) is 0. The number of anilines is 1. The molecule has 33 heavy (non-hydrogen) atoms. The summed E-state index contributed by atoms with van der Waals surface area (Å²) in [7, 11) is 5.35. The third kappa shape index (κ3) is 4.50. The largest absolute Gasteiger partial charge is 0.497 e. The van der Waals surface area contributed by atoms with Gasteiger partial charge in [-0.3, -0.25) is 9.59 Å². The number of hydrogen-bond donors (Lipinski definition) is 1. The predicted octanol–water partition coefficient (Wildman–Crippen LogP) is 3.29. The first kappa shape index (κ1) is 22.3. The van der Waals surface area contributed by atoms with E-state index in [1.165, 1.54) is 0 Å². The molecule has 3 aromatic rings. The summed E-state index contributed by atoms with van der Waals surface area (Å²) in [4.78, 5) is 38.0. The fourth-order valence-electron chi connectivity index (χ4n) is 4.11. The second kappa shape index (κ2) is 9.28. The van der Waals surface area contributed by atoms with Crippen LogP contribution in [0.5, 0.6) is 5.75 Å². The van der Waals surface area contributed by atoms with E-state index in [1.807, 2.05) is 48.2 Å². The molecule has 2 aromatic carbocycles. The van der Waals surface area contributed by atoms with Crippen molar-refractivity contribution in [2.45, 2.75) is 18.9 Å². The van der Waals surface area contributed by atoms with Crippen molar-refractivity contribution in [3.8, 4) is 16.9 Å². The number of likely N-dealkylation sites (tertiary alicyclic amines) is 1. The lowest BCUT2D eigenvalue weighted by atomic mass is 9.98. The molecule has 4 rings (SSSR count). The molecule has 0 spiro atoms. The maximum absolute atomic E-state index is 13.5. The van der Waals surface area contributed by atoms with E-state index in [-0.39, 0.29) is 11.9 Å². The van der Waals surface area contributed by atoms with Gasteiger partial charge in [-0.15, -0.1) is 0 Å². The summed E-state index contributed by atoms with van der Waals surface area (Å²) < 4.78 is 5.29. The molecule has 1 atom stereocenters. The van der Waals surface area contributed by atoms with Crippen molar-refractivity contribution in [2.75, 3.05) is 32.6 Å². The SMILES string of the molecule is COc1cccc(C(=O)N2CCC[C@@H]2c2nc(N(C)C)ncc2-c2ccc(C(N)=O)cc2)c1. The Hall–Kier alpha value is -3.94. The van der Waals surface area contributed by atoms with Crippen LogP contribution < -0.4 is 15.4 Å². The molecule has 0 radical (unpaired) electrons. The Labute approximate surface area is 193 Å². The van der Waals surface area contributed by atoms with Gasteiger partial charge in [0.2, 0.25) is 11.9 Å². The maximum Gasteiger partial charge on any atom is 0.254 e. The van der Waals surface area contributed by atoms with Gasteiger partial charge in [0.05, 0.1) is 18.8 Å². The van der Waals surface area contributed by atoms with E-state index in [2.05, 4.69) is 4.98 Å². The molecule has 0 aliphatic carbocycles. The molecular weight excluding hydrogens is 418 g/mol. The maximum atomic E-state index is 13.5. The monoisotopic (exact) mass is 445 g/mol. The summed E-state index contributed by atoms with van der Waals surface area (Å²) in [6, 6.07) is 14.0. The van der Waals surface area contributed by atoms with E-state index >= 15 is 0 Å². The second-order valence-electron chi connectivity index (χ2n) is 8.19. The average Bonchev–Trinajstić information content (AvgIpc) is 3.33. The van der Waals surface area contributed by atoms with E-state index in [0.717, 1.165) is 29.7 Å². The molecule has 1 fully saturated rings. The van der Waals surface area contributed by atoms with Gasteiger partial charge < -0.3 is 20.3 Å². The van der Waals surface area contributed by atoms with Gasteiger partial charge in [0, 0.05) is 43.5 Å². The van der Waals surface area contributed by atoms with Crippen LogP contribution in [0, 0.1) is 0 Å². The highest BCUT2D eigenvalue weighted by molar-refractivity contribution is 5.95. The van der Waals surface area contributed by atoms with E-state index in [4.69, 9.17) is 15.5 Å². The van der Waals surface area contributed by atoms with Crippen LogP contribution in [-0.4, -0.2) is 54.4 Å². The number of methoxy groups -OCH3 is 1. The van der Waals surface area contributed by atoms with Gasteiger partial charge in [-0.2, -0.15) is 0 Å². The quantitative estimate of drug-likeness (QED) is 0.625. The Morgan fingerprint density at radius 1 is 1.12 bits per heavy atom. The number of carbonyl (C=O) groups is 2. The number of carbonyl (C=O) groups excluding carboxylic acids is 2. The van der Waals surface area contributed by atoms with Crippen molar-refractivity contribution < 1.29 is 14.3 Å². The highest BCUT2D eigenvalue weighted by Gasteiger charge is 2.34. The highest BCUT2D eigenvalue weighted by atomic mass is 16.5. The van der Waals surface area contributed by atoms with E-state index in [0.29, 0.717) is 29.4 Å². The molecule has 0 saturated carbocycles. The second-order valence-corrected chi connectivity index (χ2v) is 8.19. The van der Waals surface area contributed by atoms with E-state index in [1.54, 1.807) is 37.6 Å². The molecule has 1 aromatic heterocycles. The lowest BCUT2D eigenvalue weighted by molar-refractivity contribution is 0.0732. The van der Waals surface area contributed by atoms with Crippen LogP contribution in [0.2, 0.25) is 0 Å². The first-order valence-electron chi connectivity index (χ1n) is 10.8. The minimum Gasteiger partial charge on any atom is -0.497 e. The van der Waals surface area contributed by atoms with E-state index in [9.17, 15) is 9.59 Å².